The van der Waals surface area contributed by atoms with Gasteiger partial charge in [0.15, 0.2) is 0 Å². The molecule has 1 amide bonds. The van der Waals surface area contributed by atoms with Crippen molar-refractivity contribution in [2.24, 2.45) is 5.73 Å². The van der Waals surface area contributed by atoms with Crippen molar-refractivity contribution in [2.45, 2.75) is 58.4 Å². The summed E-state index contributed by atoms with van der Waals surface area (Å²) < 4.78 is 0. The van der Waals surface area contributed by atoms with Crippen molar-refractivity contribution in [3.63, 3.8) is 0 Å². The molecular weight excluding hydrogens is 236 g/mol. The van der Waals surface area contributed by atoms with Gasteiger partial charge in [0.25, 0.3) is 0 Å². The van der Waals surface area contributed by atoms with Crippen molar-refractivity contribution in [3.05, 3.63) is 29.8 Å². The largest absolute Gasteiger partial charge is 0.324 e. The highest BCUT2D eigenvalue weighted by Gasteiger charge is 2.29. The minimum atomic E-state index is -0.768. The molecule has 1 rings (SSSR count). The van der Waals surface area contributed by atoms with Crippen LogP contribution in [0.5, 0.6) is 0 Å². The van der Waals surface area contributed by atoms with Crippen molar-refractivity contribution < 1.29 is 4.79 Å². The van der Waals surface area contributed by atoms with Gasteiger partial charge in [-0.1, -0.05) is 39.8 Å². The van der Waals surface area contributed by atoms with Crippen LogP contribution < -0.4 is 11.1 Å². The molecule has 0 fully saturated rings. The lowest BCUT2D eigenvalue weighted by atomic mass is 9.93. The number of nitrogens with one attached hydrogen (secondary N) is 1. The summed E-state index contributed by atoms with van der Waals surface area (Å²) in [6, 6.07) is 8.04. The number of hydrogen-bond donors (Lipinski definition) is 2. The van der Waals surface area contributed by atoms with Gasteiger partial charge in [-0.2, -0.15) is 0 Å². The smallest absolute Gasteiger partial charge is 0.244 e. The maximum atomic E-state index is 12.1. The zero-order valence-corrected chi connectivity index (χ0v) is 12.5. The molecule has 0 aliphatic heterocycles. The third-order valence-electron chi connectivity index (χ3n) is 4.06. The summed E-state index contributed by atoms with van der Waals surface area (Å²) in [4.78, 5) is 12.1. The number of benzene rings is 1. The van der Waals surface area contributed by atoms with Gasteiger partial charge in [-0.15, -0.1) is 0 Å². The molecule has 19 heavy (non-hydrogen) atoms. The molecule has 0 saturated heterocycles. The van der Waals surface area contributed by atoms with Crippen molar-refractivity contribution in [1.82, 2.24) is 0 Å². The van der Waals surface area contributed by atoms with E-state index in [-0.39, 0.29) is 5.91 Å². The number of amides is 1. The summed E-state index contributed by atoms with van der Waals surface area (Å²) in [5.74, 6) is 0.443. The Morgan fingerprint density at radius 3 is 2.16 bits per heavy atom. The minimum Gasteiger partial charge on any atom is -0.324 e. The Labute approximate surface area is 116 Å². The van der Waals surface area contributed by atoms with Gasteiger partial charge >= 0.3 is 0 Å². The summed E-state index contributed by atoms with van der Waals surface area (Å²) in [5, 5.41) is 2.90. The zero-order valence-electron chi connectivity index (χ0n) is 12.5. The molecule has 0 radical (unpaired) electrons. The van der Waals surface area contributed by atoms with Crippen LogP contribution in [0.25, 0.3) is 0 Å². The first-order valence-electron chi connectivity index (χ1n) is 7.17. The fraction of sp³-hybridized carbons (Fsp3) is 0.562. The standard InChI is InChI=1S/C16H26N2O/c1-5-12(4)13-8-10-14(11-9-13)18-15(19)16(17,6-2)7-3/h8-12H,5-7,17H2,1-4H3,(H,18,19). The SMILES string of the molecule is CCC(C)c1ccc(NC(=O)C(N)(CC)CC)cc1. The molecule has 0 aliphatic rings. The van der Waals surface area contributed by atoms with E-state index in [0.29, 0.717) is 18.8 Å². The second kappa shape index (κ2) is 6.71. The number of carbonyl (C=O) groups excluding carboxylic acids is 1. The van der Waals surface area contributed by atoms with Gasteiger partial charge in [0.05, 0.1) is 5.54 Å². The highest BCUT2D eigenvalue weighted by Crippen LogP contribution is 2.21. The van der Waals surface area contributed by atoms with Gasteiger partial charge in [0.1, 0.15) is 0 Å². The summed E-state index contributed by atoms with van der Waals surface area (Å²) in [6.07, 6.45) is 2.39. The molecule has 1 atom stereocenters. The van der Waals surface area contributed by atoms with Crippen LogP contribution in [0.2, 0.25) is 0 Å². The van der Waals surface area contributed by atoms with Gasteiger partial charge < -0.3 is 11.1 Å². The third kappa shape index (κ3) is 3.80. The first-order chi connectivity index (χ1) is 8.96. The van der Waals surface area contributed by atoms with E-state index in [9.17, 15) is 4.79 Å². The lowest BCUT2D eigenvalue weighted by Crippen LogP contribution is -2.50. The Hall–Kier alpha value is -1.35. The molecule has 0 bridgehead atoms. The molecule has 1 aromatic carbocycles. The summed E-state index contributed by atoms with van der Waals surface area (Å²) in [7, 11) is 0. The minimum absolute atomic E-state index is 0.103. The molecule has 106 valence electrons. The van der Waals surface area contributed by atoms with Crippen LogP contribution in [0.4, 0.5) is 5.69 Å². The average molecular weight is 262 g/mol. The van der Waals surface area contributed by atoms with Crippen LogP contribution >= 0.6 is 0 Å². The van der Waals surface area contributed by atoms with E-state index in [4.69, 9.17) is 5.73 Å². The molecule has 3 N–H and O–H groups in total. The van der Waals surface area contributed by atoms with Crippen molar-refractivity contribution in [3.8, 4) is 0 Å². The van der Waals surface area contributed by atoms with Crippen LogP contribution in [0, 0.1) is 0 Å². The highest BCUT2D eigenvalue weighted by molar-refractivity contribution is 5.97. The topological polar surface area (TPSA) is 55.1 Å². The van der Waals surface area contributed by atoms with Crippen LogP contribution in [0.3, 0.4) is 0 Å². The van der Waals surface area contributed by atoms with Gasteiger partial charge in [-0.05, 0) is 42.9 Å². The van der Waals surface area contributed by atoms with Gasteiger partial charge in [0, 0.05) is 5.69 Å². The van der Waals surface area contributed by atoms with Crippen LogP contribution in [-0.2, 0) is 4.79 Å². The number of hydrogen-bond acceptors (Lipinski definition) is 2. The summed E-state index contributed by atoms with van der Waals surface area (Å²) in [5.41, 5.74) is 7.42. The second-order valence-electron chi connectivity index (χ2n) is 5.25. The molecule has 0 saturated carbocycles. The van der Waals surface area contributed by atoms with E-state index >= 15 is 0 Å². The van der Waals surface area contributed by atoms with Gasteiger partial charge in [-0.3, -0.25) is 4.79 Å². The number of carbonyl (C=O) groups is 1. The summed E-state index contributed by atoms with van der Waals surface area (Å²) in [6.45, 7) is 8.25. The van der Waals surface area contributed by atoms with E-state index in [0.717, 1.165) is 12.1 Å². The van der Waals surface area contributed by atoms with Crippen molar-refractivity contribution in [1.29, 1.82) is 0 Å². The van der Waals surface area contributed by atoms with E-state index in [2.05, 4.69) is 31.3 Å². The maximum Gasteiger partial charge on any atom is 0.244 e. The number of nitrogens with two attached hydrogens (primary N) is 1. The molecule has 1 aromatic rings. The molecular formula is C16H26N2O. The first kappa shape index (κ1) is 15.7. The Morgan fingerprint density at radius 2 is 1.74 bits per heavy atom. The number of anilines is 1. The summed E-state index contributed by atoms with van der Waals surface area (Å²) >= 11 is 0. The van der Waals surface area contributed by atoms with E-state index in [1.807, 2.05) is 26.0 Å². The quantitative estimate of drug-likeness (QED) is 0.822. The number of rotatable bonds is 6. The molecule has 3 nitrogen and oxygen atoms in total. The normalized spacial score (nSPS) is 13.1. The van der Waals surface area contributed by atoms with E-state index < -0.39 is 5.54 Å². The van der Waals surface area contributed by atoms with E-state index in [1.165, 1.54) is 5.56 Å². The Bertz CT molecular complexity index is 407. The third-order valence-corrected chi connectivity index (χ3v) is 4.06. The predicted molar refractivity (Wildman–Crippen MR) is 81.3 cm³/mol. The van der Waals surface area contributed by atoms with Gasteiger partial charge in [-0.25, -0.2) is 0 Å². The van der Waals surface area contributed by atoms with Crippen LogP contribution in [0.15, 0.2) is 24.3 Å². The second-order valence-corrected chi connectivity index (χ2v) is 5.25. The highest BCUT2D eigenvalue weighted by atomic mass is 16.2. The van der Waals surface area contributed by atoms with Crippen LogP contribution in [-0.4, -0.2) is 11.4 Å². The predicted octanol–water partition coefficient (Wildman–Crippen LogP) is 3.66. The Balaban J connectivity index is 2.76. The molecule has 0 spiro atoms. The molecule has 0 aromatic heterocycles. The fourth-order valence-electron chi connectivity index (χ4n) is 1.96. The Morgan fingerprint density at radius 1 is 1.21 bits per heavy atom. The van der Waals surface area contributed by atoms with Crippen molar-refractivity contribution in [2.75, 3.05) is 5.32 Å². The van der Waals surface area contributed by atoms with Crippen molar-refractivity contribution >= 4 is 11.6 Å². The maximum absolute atomic E-state index is 12.1. The lowest BCUT2D eigenvalue weighted by molar-refractivity contribution is -0.121. The van der Waals surface area contributed by atoms with Crippen LogP contribution in [0.1, 0.15) is 58.4 Å². The van der Waals surface area contributed by atoms with Gasteiger partial charge in [0.2, 0.25) is 5.91 Å². The molecule has 0 heterocycles. The first-order valence-corrected chi connectivity index (χ1v) is 7.17. The Kier molecular flexibility index (Phi) is 5.55. The monoisotopic (exact) mass is 262 g/mol. The fourth-order valence-corrected chi connectivity index (χ4v) is 1.96. The zero-order chi connectivity index (χ0) is 14.5. The average Bonchev–Trinajstić information content (AvgIpc) is 2.46. The van der Waals surface area contributed by atoms with E-state index in [1.54, 1.807) is 0 Å². The molecule has 1 unspecified atom stereocenters. The molecule has 3 heteroatoms. The lowest BCUT2D eigenvalue weighted by Gasteiger charge is -2.25. The molecule has 0 aliphatic carbocycles.